The van der Waals surface area contributed by atoms with Crippen molar-refractivity contribution in [2.24, 2.45) is 0 Å². The lowest BCUT2D eigenvalue weighted by Crippen LogP contribution is -2.23. The van der Waals surface area contributed by atoms with Crippen molar-refractivity contribution in [2.45, 2.75) is 0 Å². The normalized spacial score (nSPS) is 11.2. The molecule has 0 aliphatic heterocycles. The first-order valence-corrected chi connectivity index (χ1v) is 4.51. The van der Waals surface area contributed by atoms with E-state index in [2.05, 4.69) is 9.97 Å². The number of hydrogen-bond acceptors (Lipinski definition) is 3. The van der Waals surface area contributed by atoms with Crippen LogP contribution in [0.4, 0.5) is 0 Å². The third kappa shape index (κ3) is 0.969. The van der Waals surface area contributed by atoms with Crippen molar-refractivity contribution in [3.63, 3.8) is 0 Å². The van der Waals surface area contributed by atoms with Crippen LogP contribution in [0.3, 0.4) is 0 Å². The molecule has 0 radical (unpaired) electrons. The second-order valence-corrected chi connectivity index (χ2v) is 3.34. The van der Waals surface area contributed by atoms with Crippen LogP contribution in [0, 0.1) is 0 Å². The van der Waals surface area contributed by atoms with Crippen LogP contribution < -0.4 is 11.5 Å². The second-order valence-electron chi connectivity index (χ2n) is 3.34. The summed E-state index contributed by atoms with van der Waals surface area (Å²) in [6.45, 7) is 0. The van der Waals surface area contributed by atoms with Gasteiger partial charge in [-0.25, -0.2) is 9.47 Å². The minimum atomic E-state index is -0.330. The molecule has 5 heteroatoms. The molecule has 0 fully saturated rings. The van der Waals surface area contributed by atoms with Crippen molar-refractivity contribution in [3.05, 3.63) is 40.9 Å². The summed E-state index contributed by atoms with van der Waals surface area (Å²) in [6, 6.07) is 7.59. The first-order valence-electron chi connectivity index (χ1n) is 4.51. The molecule has 2 heterocycles. The monoisotopic (exact) mass is 200 g/mol. The number of nitrogens with two attached hydrogens (primary N) is 1. The van der Waals surface area contributed by atoms with E-state index in [1.807, 2.05) is 24.3 Å². The molecule has 3 N–H and O–H groups in total. The largest absolute Gasteiger partial charge is 0.344 e. The van der Waals surface area contributed by atoms with Gasteiger partial charge in [0.25, 0.3) is 0 Å². The molecular weight excluding hydrogens is 192 g/mol. The Morgan fingerprint density at radius 1 is 1.33 bits per heavy atom. The molecule has 0 atom stereocenters. The Kier molecular flexibility index (Phi) is 1.39. The maximum Gasteiger partial charge on any atom is 0.344 e. The van der Waals surface area contributed by atoms with Gasteiger partial charge in [0.1, 0.15) is 5.52 Å². The standard InChI is InChI=1S/C10H8N4O/c11-14-8-5-12-7-4-2-1-3-6(7)9(8)13-10(14)15/h1-5H,11H2,(H,13,15). The van der Waals surface area contributed by atoms with Gasteiger partial charge in [-0.1, -0.05) is 18.2 Å². The van der Waals surface area contributed by atoms with Crippen LogP contribution in [-0.2, 0) is 0 Å². The minimum Gasteiger partial charge on any atom is -0.335 e. The summed E-state index contributed by atoms with van der Waals surface area (Å²) in [5.74, 6) is 5.56. The van der Waals surface area contributed by atoms with Crippen molar-refractivity contribution in [3.8, 4) is 0 Å². The molecule has 3 aromatic rings. The average Bonchev–Trinajstić information content (AvgIpc) is 2.56. The summed E-state index contributed by atoms with van der Waals surface area (Å²) in [4.78, 5) is 18.3. The quantitative estimate of drug-likeness (QED) is 0.521. The molecule has 2 aromatic heterocycles. The van der Waals surface area contributed by atoms with E-state index >= 15 is 0 Å². The Labute approximate surface area is 84.1 Å². The molecule has 5 nitrogen and oxygen atoms in total. The van der Waals surface area contributed by atoms with E-state index in [0.29, 0.717) is 5.52 Å². The van der Waals surface area contributed by atoms with Crippen LogP contribution in [-0.4, -0.2) is 14.6 Å². The average molecular weight is 200 g/mol. The molecule has 1 aromatic carbocycles. The lowest BCUT2D eigenvalue weighted by Gasteiger charge is -1.97. The maximum absolute atomic E-state index is 11.3. The number of pyridine rings is 1. The predicted octanol–water partition coefficient (Wildman–Crippen LogP) is 0.592. The maximum atomic E-state index is 11.3. The Bertz CT molecular complexity index is 710. The number of nitrogen functional groups attached to an aromatic ring is 1. The molecule has 0 amide bonds. The zero-order chi connectivity index (χ0) is 10.4. The van der Waals surface area contributed by atoms with Gasteiger partial charge in [-0.3, -0.25) is 4.98 Å². The molecule has 15 heavy (non-hydrogen) atoms. The number of aromatic nitrogens is 3. The predicted molar refractivity (Wildman–Crippen MR) is 58.0 cm³/mol. The number of aromatic amines is 1. The van der Waals surface area contributed by atoms with Crippen molar-refractivity contribution >= 4 is 21.9 Å². The first kappa shape index (κ1) is 8.05. The fraction of sp³-hybridized carbons (Fsp3) is 0. The Morgan fingerprint density at radius 2 is 2.13 bits per heavy atom. The molecule has 0 saturated heterocycles. The molecule has 0 bridgehead atoms. The van der Waals surface area contributed by atoms with Crippen molar-refractivity contribution < 1.29 is 0 Å². The van der Waals surface area contributed by atoms with Crippen LogP contribution in [0.5, 0.6) is 0 Å². The molecule has 3 rings (SSSR count). The van der Waals surface area contributed by atoms with E-state index < -0.39 is 0 Å². The van der Waals surface area contributed by atoms with E-state index in [0.717, 1.165) is 21.1 Å². The van der Waals surface area contributed by atoms with Crippen LogP contribution in [0.15, 0.2) is 35.3 Å². The highest BCUT2D eigenvalue weighted by Gasteiger charge is 2.07. The summed E-state index contributed by atoms with van der Waals surface area (Å²) < 4.78 is 1.06. The van der Waals surface area contributed by atoms with Gasteiger partial charge in [0.15, 0.2) is 0 Å². The smallest absolute Gasteiger partial charge is 0.335 e. The highest BCUT2D eigenvalue weighted by atomic mass is 16.1. The van der Waals surface area contributed by atoms with Crippen LogP contribution in [0.2, 0.25) is 0 Å². The molecule has 0 spiro atoms. The molecular formula is C10H8N4O. The van der Waals surface area contributed by atoms with Crippen molar-refractivity contribution in [1.29, 1.82) is 0 Å². The molecule has 0 aliphatic rings. The van der Waals surface area contributed by atoms with E-state index in [1.54, 1.807) is 6.20 Å². The van der Waals surface area contributed by atoms with E-state index in [1.165, 1.54) is 0 Å². The topological polar surface area (TPSA) is 76.7 Å². The van der Waals surface area contributed by atoms with Crippen LogP contribution in [0.1, 0.15) is 0 Å². The zero-order valence-electron chi connectivity index (χ0n) is 7.77. The number of para-hydroxylation sites is 1. The number of rotatable bonds is 0. The Morgan fingerprint density at radius 3 is 3.00 bits per heavy atom. The number of hydrogen-bond donors (Lipinski definition) is 2. The molecule has 0 saturated carbocycles. The van der Waals surface area contributed by atoms with Gasteiger partial charge >= 0.3 is 5.69 Å². The van der Waals surface area contributed by atoms with Gasteiger partial charge in [0.2, 0.25) is 0 Å². The minimum absolute atomic E-state index is 0.330. The van der Waals surface area contributed by atoms with Crippen LogP contribution >= 0.6 is 0 Å². The van der Waals surface area contributed by atoms with Gasteiger partial charge < -0.3 is 10.8 Å². The third-order valence-corrected chi connectivity index (χ3v) is 2.47. The van der Waals surface area contributed by atoms with Crippen LogP contribution in [0.25, 0.3) is 21.9 Å². The summed E-state index contributed by atoms with van der Waals surface area (Å²) in [5.41, 5.74) is 1.85. The van der Waals surface area contributed by atoms with E-state index in [4.69, 9.17) is 5.84 Å². The van der Waals surface area contributed by atoms with Gasteiger partial charge in [0.05, 0.1) is 17.2 Å². The lowest BCUT2D eigenvalue weighted by atomic mass is 10.2. The SMILES string of the molecule is Nn1c(=O)[nH]c2c3ccccc3ncc21. The lowest BCUT2D eigenvalue weighted by molar-refractivity contribution is 0.965. The summed E-state index contributed by atoms with van der Waals surface area (Å²) in [7, 11) is 0. The van der Waals surface area contributed by atoms with E-state index in [-0.39, 0.29) is 5.69 Å². The Balaban J connectivity index is 2.66. The van der Waals surface area contributed by atoms with Gasteiger partial charge in [-0.15, -0.1) is 0 Å². The number of nitrogens with one attached hydrogen (secondary N) is 1. The number of H-pyrrole nitrogens is 1. The number of benzene rings is 1. The fourth-order valence-electron chi connectivity index (χ4n) is 1.72. The van der Waals surface area contributed by atoms with Gasteiger partial charge in [-0.05, 0) is 6.07 Å². The summed E-state index contributed by atoms with van der Waals surface area (Å²) in [5, 5.41) is 0.899. The second kappa shape index (κ2) is 2.60. The molecule has 0 aliphatic carbocycles. The number of imidazole rings is 1. The highest BCUT2D eigenvalue weighted by molar-refractivity contribution is 6.01. The van der Waals surface area contributed by atoms with E-state index in [9.17, 15) is 4.79 Å². The summed E-state index contributed by atoms with van der Waals surface area (Å²) in [6.07, 6.45) is 1.59. The zero-order valence-corrected chi connectivity index (χ0v) is 7.77. The molecule has 74 valence electrons. The third-order valence-electron chi connectivity index (χ3n) is 2.47. The van der Waals surface area contributed by atoms with Gasteiger partial charge in [-0.2, -0.15) is 0 Å². The number of fused-ring (bicyclic) bond motifs is 3. The number of nitrogens with zero attached hydrogens (tertiary/aromatic N) is 2. The summed E-state index contributed by atoms with van der Waals surface area (Å²) >= 11 is 0. The Hall–Kier alpha value is -2.30. The first-order chi connectivity index (χ1) is 7.27. The molecule has 0 unspecified atom stereocenters. The van der Waals surface area contributed by atoms with Crippen molar-refractivity contribution in [2.75, 3.05) is 5.84 Å². The van der Waals surface area contributed by atoms with Crippen molar-refractivity contribution in [1.82, 2.24) is 14.6 Å². The highest BCUT2D eigenvalue weighted by Crippen LogP contribution is 2.19. The van der Waals surface area contributed by atoms with Gasteiger partial charge in [0, 0.05) is 5.39 Å². The fourth-order valence-corrected chi connectivity index (χ4v) is 1.72.